The van der Waals surface area contributed by atoms with Gasteiger partial charge in [0.2, 0.25) is 11.8 Å². The van der Waals surface area contributed by atoms with E-state index in [1.807, 2.05) is 6.08 Å². The minimum Gasteiger partial charge on any atom is -0.504 e. The van der Waals surface area contributed by atoms with Crippen LogP contribution < -0.4 is 9.64 Å². The summed E-state index contributed by atoms with van der Waals surface area (Å²) in [6, 6.07) is 11.7. The number of nitrogens with zero attached hydrogens (tertiary/aromatic N) is 2. The average molecular weight is 660 g/mol. The Morgan fingerprint density at radius 2 is 1.73 bits per heavy atom. The van der Waals surface area contributed by atoms with Crippen LogP contribution in [0.4, 0.5) is 5.69 Å². The van der Waals surface area contributed by atoms with Crippen molar-refractivity contribution in [3.8, 4) is 11.5 Å². The Kier molecular flexibility index (Phi) is 6.63. The monoisotopic (exact) mass is 658 g/mol. The zero-order valence-corrected chi connectivity index (χ0v) is 25.1. The molecular formula is C30H25BrCl2N2O6. The summed E-state index contributed by atoms with van der Waals surface area (Å²) in [4.78, 5) is 53.0. The molecule has 2 heterocycles. The predicted octanol–water partition coefficient (Wildman–Crippen LogP) is 4.90. The number of amides is 4. The van der Waals surface area contributed by atoms with Gasteiger partial charge in [0, 0.05) is 17.4 Å². The second-order valence-electron chi connectivity index (χ2n) is 10.8. The Labute approximate surface area is 254 Å². The first kappa shape index (κ1) is 28.0. The van der Waals surface area contributed by atoms with Crippen molar-refractivity contribution in [3.63, 3.8) is 0 Å². The number of anilines is 1. The molecule has 41 heavy (non-hydrogen) atoms. The van der Waals surface area contributed by atoms with Gasteiger partial charge in [0.1, 0.15) is 0 Å². The van der Waals surface area contributed by atoms with E-state index in [0.717, 1.165) is 9.37 Å². The molecule has 2 saturated heterocycles. The van der Waals surface area contributed by atoms with Gasteiger partial charge in [-0.05, 0) is 60.7 Å². The maximum atomic E-state index is 13.9. The number of ether oxygens (including phenoxy) is 1. The van der Waals surface area contributed by atoms with Gasteiger partial charge < -0.3 is 9.84 Å². The molecule has 0 aromatic heterocycles. The van der Waals surface area contributed by atoms with Crippen LogP contribution in [0.1, 0.15) is 18.4 Å². The topological polar surface area (TPSA) is 104 Å². The average Bonchev–Trinajstić information content (AvgIpc) is 3.28. The standard InChI is InChI=1S/C30H25BrCl2N2O6/c1-34-27(39)29(32)14-20-18(9-10-19-24(20)26(38)35(25(19)37)17-7-5-16(31)6-8-17)21(30(29,33)28(34)40)11-3-15-4-12-22(36)23(13-15)41-2/h3-9,11-13,19-21,24,36H,10,14H2,1-2H3/t19-,20+,21-,24-,29+,30-/m0/s1. The third kappa shape index (κ3) is 3.85. The van der Waals surface area contributed by atoms with E-state index in [-0.39, 0.29) is 36.2 Å². The van der Waals surface area contributed by atoms with Gasteiger partial charge in [0.15, 0.2) is 21.2 Å². The number of imide groups is 2. The molecule has 2 aromatic carbocycles. The van der Waals surface area contributed by atoms with E-state index in [0.29, 0.717) is 16.8 Å². The van der Waals surface area contributed by atoms with Gasteiger partial charge in [-0.25, -0.2) is 0 Å². The molecule has 2 aliphatic heterocycles. The van der Waals surface area contributed by atoms with Crippen LogP contribution >= 0.6 is 39.1 Å². The maximum Gasteiger partial charge on any atom is 0.253 e. The number of phenolic OH excluding ortho intramolecular Hbond substituents is 1. The highest BCUT2D eigenvalue weighted by atomic mass is 79.9. The molecular weight excluding hydrogens is 635 g/mol. The molecule has 4 amide bonds. The summed E-state index contributed by atoms with van der Waals surface area (Å²) in [5.41, 5.74) is 1.82. The highest BCUT2D eigenvalue weighted by Gasteiger charge is 2.75. The van der Waals surface area contributed by atoms with E-state index in [4.69, 9.17) is 27.9 Å². The second-order valence-corrected chi connectivity index (χ2v) is 13.0. The van der Waals surface area contributed by atoms with E-state index in [2.05, 4.69) is 15.9 Å². The molecule has 0 bridgehead atoms. The molecule has 11 heteroatoms. The van der Waals surface area contributed by atoms with Crippen LogP contribution in [0.25, 0.3) is 6.08 Å². The quantitative estimate of drug-likeness (QED) is 0.285. The number of aromatic hydroxyl groups is 1. The summed E-state index contributed by atoms with van der Waals surface area (Å²) in [5, 5.41) is 10.00. The lowest BCUT2D eigenvalue weighted by Crippen LogP contribution is -2.60. The first-order chi connectivity index (χ1) is 19.4. The van der Waals surface area contributed by atoms with Crippen molar-refractivity contribution in [2.75, 3.05) is 19.1 Å². The molecule has 1 saturated carbocycles. The van der Waals surface area contributed by atoms with Crippen LogP contribution in [-0.4, -0.2) is 57.5 Å². The molecule has 0 unspecified atom stereocenters. The van der Waals surface area contributed by atoms with Gasteiger partial charge >= 0.3 is 0 Å². The Morgan fingerprint density at radius 3 is 2.41 bits per heavy atom. The van der Waals surface area contributed by atoms with Crippen molar-refractivity contribution in [1.29, 1.82) is 0 Å². The van der Waals surface area contributed by atoms with Crippen molar-refractivity contribution in [2.24, 2.45) is 23.7 Å². The van der Waals surface area contributed by atoms with E-state index in [1.165, 1.54) is 25.1 Å². The summed E-state index contributed by atoms with van der Waals surface area (Å²) in [5.74, 6) is -4.54. The molecule has 6 rings (SSSR count). The highest BCUT2D eigenvalue weighted by molar-refractivity contribution is 9.10. The number of halogens is 3. The van der Waals surface area contributed by atoms with Crippen LogP contribution in [0.3, 0.4) is 0 Å². The van der Waals surface area contributed by atoms with E-state index >= 15 is 0 Å². The van der Waals surface area contributed by atoms with Gasteiger partial charge in [-0.3, -0.25) is 29.0 Å². The van der Waals surface area contributed by atoms with Crippen molar-refractivity contribution in [2.45, 2.75) is 22.6 Å². The van der Waals surface area contributed by atoms with Crippen molar-refractivity contribution in [3.05, 3.63) is 70.2 Å². The highest BCUT2D eigenvalue weighted by Crippen LogP contribution is 2.63. The smallest absolute Gasteiger partial charge is 0.253 e. The largest absolute Gasteiger partial charge is 0.504 e. The van der Waals surface area contributed by atoms with Crippen LogP contribution in [0, 0.1) is 23.7 Å². The van der Waals surface area contributed by atoms with Crippen LogP contribution in [0.15, 0.2) is 64.7 Å². The fourth-order valence-corrected chi connectivity index (χ4v) is 8.08. The van der Waals surface area contributed by atoms with Gasteiger partial charge in [0.25, 0.3) is 11.8 Å². The van der Waals surface area contributed by atoms with Crippen LogP contribution in [-0.2, 0) is 19.2 Å². The van der Waals surface area contributed by atoms with Crippen molar-refractivity contribution in [1.82, 2.24) is 4.90 Å². The van der Waals surface area contributed by atoms with Crippen LogP contribution in [0.2, 0.25) is 0 Å². The van der Waals surface area contributed by atoms with Gasteiger partial charge in [-0.15, -0.1) is 23.2 Å². The predicted molar refractivity (Wildman–Crippen MR) is 157 cm³/mol. The molecule has 212 valence electrons. The lowest BCUT2D eigenvalue weighted by atomic mass is 9.57. The van der Waals surface area contributed by atoms with Crippen molar-refractivity contribution >= 4 is 74.5 Å². The van der Waals surface area contributed by atoms with Crippen LogP contribution in [0.5, 0.6) is 11.5 Å². The summed E-state index contributed by atoms with van der Waals surface area (Å²) in [6.07, 6.45) is 5.53. The molecule has 0 radical (unpaired) electrons. The Hall–Kier alpha value is -3.14. The van der Waals surface area contributed by atoms with E-state index in [9.17, 15) is 24.3 Å². The molecule has 8 nitrogen and oxygen atoms in total. The number of fused-ring (bicyclic) bond motifs is 4. The second kappa shape index (κ2) is 9.71. The SMILES string of the molecule is COc1cc(C=C[C@H]2C3=CC[C@@H]4C(=O)N(c5ccc(Br)cc5)C(=O)[C@@H]4[C@@H]3C[C@@]3(Cl)C(=O)N(C)C(=O)[C@@]23Cl)ccc1O. The molecule has 2 aliphatic carbocycles. The third-order valence-electron chi connectivity index (χ3n) is 8.84. The Morgan fingerprint density at radius 1 is 1.02 bits per heavy atom. The number of hydrogen-bond donors (Lipinski definition) is 1. The van der Waals surface area contributed by atoms with E-state index < -0.39 is 45.2 Å². The maximum absolute atomic E-state index is 13.9. The first-order valence-corrected chi connectivity index (χ1v) is 14.6. The minimum atomic E-state index is -1.84. The molecule has 2 aromatic rings. The van der Waals surface area contributed by atoms with Gasteiger partial charge in [-0.1, -0.05) is 45.8 Å². The normalized spacial score (nSPS) is 32.8. The number of phenols is 1. The molecule has 6 atom stereocenters. The van der Waals surface area contributed by atoms with Gasteiger partial charge in [0.05, 0.1) is 24.6 Å². The number of benzene rings is 2. The number of hydrogen-bond acceptors (Lipinski definition) is 6. The fourth-order valence-electron chi connectivity index (χ4n) is 6.84. The summed E-state index contributed by atoms with van der Waals surface area (Å²) in [6.45, 7) is 0. The number of allylic oxidation sites excluding steroid dienone is 3. The molecule has 4 aliphatic rings. The first-order valence-electron chi connectivity index (χ1n) is 13.0. The Balaban J connectivity index is 1.45. The van der Waals surface area contributed by atoms with E-state index in [1.54, 1.807) is 48.6 Å². The molecule has 3 fully saturated rings. The van der Waals surface area contributed by atoms with Crippen molar-refractivity contribution < 1.29 is 29.0 Å². The summed E-state index contributed by atoms with van der Waals surface area (Å²) < 4.78 is 6.02. The molecule has 0 spiro atoms. The minimum absolute atomic E-state index is 0.0325. The number of methoxy groups -OCH3 is 1. The summed E-state index contributed by atoms with van der Waals surface area (Å²) in [7, 11) is 2.78. The zero-order valence-electron chi connectivity index (χ0n) is 22.0. The number of likely N-dealkylation sites (tertiary alicyclic amines) is 1. The lowest BCUT2D eigenvalue weighted by molar-refractivity contribution is -0.138. The number of rotatable bonds is 4. The van der Waals surface area contributed by atoms with Gasteiger partial charge in [-0.2, -0.15) is 0 Å². The number of carbonyl (C=O) groups is 4. The summed E-state index contributed by atoms with van der Waals surface area (Å²) >= 11 is 17.6. The third-order valence-corrected chi connectivity index (χ3v) is 10.8. The Bertz CT molecular complexity index is 1580. The molecule has 1 N–H and O–H groups in total. The lowest BCUT2D eigenvalue weighted by Gasteiger charge is -2.49. The zero-order chi connectivity index (χ0) is 29.4. The number of carbonyl (C=O) groups excluding carboxylic acids is 4. The fraction of sp³-hybridized carbons (Fsp3) is 0.333. The number of alkyl halides is 2.